The highest BCUT2D eigenvalue weighted by Gasteiger charge is 2.23. The van der Waals surface area contributed by atoms with Crippen LogP contribution < -0.4 is 15.5 Å². The largest absolute Gasteiger partial charge is 0.354 e. The Labute approximate surface area is 154 Å². The van der Waals surface area contributed by atoms with E-state index in [4.69, 9.17) is 0 Å². The lowest BCUT2D eigenvalue weighted by Gasteiger charge is -2.24. The zero-order valence-electron chi connectivity index (χ0n) is 14.9. The second-order valence-electron chi connectivity index (χ2n) is 6.56. The molecule has 1 aliphatic rings. The highest BCUT2D eigenvalue weighted by atomic mass is 16.2. The summed E-state index contributed by atoms with van der Waals surface area (Å²) in [6, 6.07) is 18.6. The molecule has 5 nitrogen and oxygen atoms in total. The topological polar surface area (TPSA) is 61.4 Å². The van der Waals surface area contributed by atoms with Crippen LogP contribution in [0.1, 0.15) is 25.7 Å². The first-order chi connectivity index (χ1) is 12.7. The number of rotatable bonds is 6. The molecular weight excluding hydrogens is 326 g/mol. The van der Waals surface area contributed by atoms with Crippen LogP contribution >= 0.6 is 0 Å². The molecule has 3 rings (SSSR count). The van der Waals surface area contributed by atoms with Gasteiger partial charge in [0.2, 0.25) is 5.91 Å². The molecule has 1 aliphatic carbocycles. The van der Waals surface area contributed by atoms with Gasteiger partial charge in [0.15, 0.2) is 0 Å². The van der Waals surface area contributed by atoms with Gasteiger partial charge >= 0.3 is 6.03 Å². The molecule has 3 amide bonds. The first-order valence-corrected chi connectivity index (χ1v) is 9.20. The maximum Gasteiger partial charge on any atom is 0.326 e. The Morgan fingerprint density at radius 2 is 1.54 bits per heavy atom. The van der Waals surface area contributed by atoms with Gasteiger partial charge in [-0.25, -0.2) is 4.79 Å². The molecule has 2 aromatic rings. The highest BCUT2D eigenvalue weighted by molar-refractivity contribution is 6.01. The van der Waals surface area contributed by atoms with E-state index in [1.165, 1.54) is 0 Å². The normalized spacial score (nSPS) is 14.0. The summed E-state index contributed by atoms with van der Waals surface area (Å²) < 4.78 is 0. The Morgan fingerprint density at radius 3 is 2.19 bits per heavy atom. The summed E-state index contributed by atoms with van der Waals surface area (Å²) in [4.78, 5) is 26.6. The number of nitrogens with one attached hydrogen (secondary N) is 2. The minimum Gasteiger partial charge on any atom is -0.354 e. The SMILES string of the molecule is O=C(NCCN(C(=O)Nc1ccccc1)c1ccccc1)C1CCCC1. The molecule has 0 radical (unpaired) electrons. The van der Waals surface area contributed by atoms with Crippen LogP contribution in [0.25, 0.3) is 0 Å². The van der Waals surface area contributed by atoms with Crippen LogP contribution in [0, 0.1) is 5.92 Å². The van der Waals surface area contributed by atoms with Gasteiger partial charge in [0.05, 0.1) is 0 Å². The quantitative estimate of drug-likeness (QED) is 0.825. The summed E-state index contributed by atoms with van der Waals surface area (Å²) in [7, 11) is 0. The van der Waals surface area contributed by atoms with Gasteiger partial charge in [-0.1, -0.05) is 49.2 Å². The number of urea groups is 1. The zero-order valence-corrected chi connectivity index (χ0v) is 14.9. The van der Waals surface area contributed by atoms with Gasteiger partial charge in [-0.2, -0.15) is 0 Å². The lowest BCUT2D eigenvalue weighted by atomic mass is 10.1. The average molecular weight is 351 g/mol. The zero-order chi connectivity index (χ0) is 18.2. The third-order valence-corrected chi connectivity index (χ3v) is 4.70. The van der Waals surface area contributed by atoms with E-state index >= 15 is 0 Å². The molecule has 0 aromatic heterocycles. The van der Waals surface area contributed by atoms with E-state index < -0.39 is 0 Å². The van der Waals surface area contributed by atoms with Crippen molar-refractivity contribution in [1.82, 2.24) is 5.32 Å². The smallest absolute Gasteiger partial charge is 0.326 e. The Balaban J connectivity index is 1.62. The maximum absolute atomic E-state index is 12.7. The standard InChI is InChI=1S/C21H25N3O2/c25-20(17-9-7-8-10-17)22-15-16-24(19-13-5-2-6-14-19)21(26)23-18-11-3-1-4-12-18/h1-6,11-14,17H,7-10,15-16H2,(H,22,25)(H,23,26). The summed E-state index contributed by atoms with van der Waals surface area (Å²) in [6.45, 7) is 0.855. The molecule has 0 heterocycles. The van der Waals surface area contributed by atoms with E-state index in [1.807, 2.05) is 60.7 Å². The first kappa shape index (κ1) is 18.0. The monoisotopic (exact) mass is 351 g/mol. The van der Waals surface area contributed by atoms with Crippen molar-refractivity contribution >= 4 is 23.3 Å². The van der Waals surface area contributed by atoms with E-state index in [-0.39, 0.29) is 17.9 Å². The lowest BCUT2D eigenvalue weighted by Crippen LogP contribution is -2.42. The molecule has 1 fully saturated rings. The van der Waals surface area contributed by atoms with Crippen LogP contribution in [-0.4, -0.2) is 25.0 Å². The molecular formula is C21H25N3O2. The molecule has 1 saturated carbocycles. The van der Waals surface area contributed by atoms with E-state index in [0.29, 0.717) is 13.1 Å². The number of amides is 3. The van der Waals surface area contributed by atoms with Crippen molar-refractivity contribution in [3.8, 4) is 0 Å². The van der Waals surface area contributed by atoms with E-state index in [0.717, 1.165) is 37.1 Å². The number of hydrogen-bond donors (Lipinski definition) is 2. The fraction of sp³-hybridized carbons (Fsp3) is 0.333. The Morgan fingerprint density at radius 1 is 0.923 bits per heavy atom. The summed E-state index contributed by atoms with van der Waals surface area (Å²) in [5, 5.41) is 5.89. The molecule has 2 N–H and O–H groups in total. The van der Waals surface area contributed by atoms with Crippen LogP contribution in [0.4, 0.5) is 16.2 Å². The molecule has 0 bridgehead atoms. The van der Waals surface area contributed by atoms with Crippen molar-refractivity contribution in [1.29, 1.82) is 0 Å². The maximum atomic E-state index is 12.7. The fourth-order valence-electron chi connectivity index (χ4n) is 3.29. The lowest BCUT2D eigenvalue weighted by molar-refractivity contribution is -0.124. The molecule has 136 valence electrons. The predicted octanol–water partition coefficient (Wildman–Crippen LogP) is 4.03. The second kappa shape index (κ2) is 9.04. The summed E-state index contributed by atoms with van der Waals surface area (Å²) >= 11 is 0. The molecule has 5 heteroatoms. The van der Waals surface area contributed by atoms with Crippen LogP contribution in [0.15, 0.2) is 60.7 Å². The van der Waals surface area contributed by atoms with Gasteiger partial charge in [-0.05, 0) is 37.1 Å². The second-order valence-corrected chi connectivity index (χ2v) is 6.56. The Hall–Kier alpha value is -2.82. The first-order valence-electron chi connectivity index (χ1n) is 9.20. The number of carbonyl (C=O) groups is 2. The number of para-hydroxylation sites is 2. The number of hydrogen-bond acceptors (Lipinski definition) is 2. The third kappa shape index (κ3) is 4.85. The number of carbonyl (C=O) groups excluding carboxylic acids is 2. The highest BCUT2D eigenvalue weighted by Crippen LogP contribution is 2.24. The van der Waals surface area contributed by atoms with Crippen molar-refractivity contribution < 1.29 is 9.59 Å². The van der Waals surface area contributed by atoms with E-state index in [1.54, 1.807) is 4.90 Å². The number of nitrogens with zero attached hydrogens (tertiary/aromatic N) is 1. The summed E-state index contributed by atoms with van der Waals surface area (Å²) in [6.07, 6.45) is 4.22. The van der Waals surface area contributed by atoms with Crippen molar-refractivity contribution in [2.45, 2.75) is 25.7 Å². The van der Waals surface area contributed by atoms with Crippen LogP contribution in [0.5, 0.6) is 0 Å². The van der Waals surface area contributed by atoms with Gasteiger partial charge < -0.3 is 10.6 Å². The Kier molecular flexibility index (Phi) is 6.25. The summed E-state index contributed by atoms with van der Waals surface area (Å²) in [5.74, 6) is 0.247. The number of anilines is 2. The molecule has 0 atom stereocenters. The van der Waals surface area contributed by atoms with Crippen molar-refractivity contribution in [3.05, 3.63) is 60.7 Å². The van der Waals surface area contributed by atoms with Gasteiger partial charge in [-0.15, -0.1) is 0 Å². The van der Waals surface area contributed by atoms with Gasteiger partial charge in [0, 0.05) is 30.4 Å². The van der Waals surface area contributed by atoms with Gasteiger partial charge in [-0.3, -0.25) is 9.69 Å². The molecule has 0 aliphatic heterocycles. The van der Waals surface area contributed by atoms with Gasteiger partial charge in [0.25, 0.3) is 0 Å². The average Bonchev–Trinajstić information content (AvgIpc) is 3.21. The van der Waals surface area contributed by atoms with E-state index in [9.17, 15) is 9.59 Å². The van der Waals surface area contributed by atoms with Crippen LogP contribution in [-0.2, 0) is 4.79 Å². The minimum absolute atomic E-state index is 0.110. The predicted molar refractivity (Wildman–Crippen MR) is 104 cm³/mol. The van der Waals surface area contributed by atoms with Crippen LogP contribution in [0.3, 0.4) is 0 Å². The molecule has 0 spiro atoms. The van der Waals surface area contributed by atoms with Crippen molar-refractivity contribution in [3.63, 3.8) is 0 Å². The molecule has 0 saturated heterocycles. The number of benzene rings is 2. The third-order valence-electron chi connectivity index (χ3n) is 4.70. The van der Waals surface area contributed by atoms with Crippen LogP contribution in [0.2, 0.25) is 0 Å². The molecule has 26 heavy (non-hydrogen) atoms. The van der Waals surface area contributed by atoms with Crippen molar-refractivity contribution in [2.24, 2.45) is 5.92 Å². The van der Waals surface area contributed by atoms with E-state index in [2.05, 4.69) is 10.6 Å². The summed E-state index contributed by atoms with van der Waals surface area (Å²) in [5.41, 5.74) is 1.55. The van der Waals surface area contributed by atoms with Crippen molar-refractivity contribution in [2.75, 3.05) is 23.3 Å². The minimum atomic E-state index is -0.211. The molecule has 0 unspecified atom stereocenters. The van der Waals surface area contributed by atoms with Gasteiger partial charge in [0.1, 0.15) is 0 Å². The molecule has 2 aromatic carbocycles. The fourth-order valence-corrected chi connectivity index (χ4v) is 3.29. The Bertz CT molecular complexity index is 713.